The second-order valence-corrected chi connectivity index (χ2v) is 8.70. The molecule has 1 aliphatic heterocycles. The molecule has 0 spiro atoms. The summed E-state index contributed by atoms with van der Waals surface area (Å²) < 4.78 is 32.1. The molecule has 1 aliphatic rings. The van der Waals surface area contributed by atoms with Crippen LogP contribution in [0, 0.1) is 0 Å². The van der Waals surface area contributed by atoms with Crippen LogP contribution in [0.15, 0.2) is 53.4 Å². The van der Waals surface area contributed by atoms with Gasteiger partial charge >= 0.3 is 0 Å². The number of hydrogen-bond donors (Lipinski definition) is 2. The molecule has 2 aromatic rings. The number of nitrogens with one attached hydrogen (secondary N) is 2. The Bertz CT molecular complexity index is 940. The molecule has 29 heavy (non-hydrogen) atoms. The minimum Gasteiger partial charge on any atom is -0.383 e. The standard InChI is InChI=1S/C21H27N3O4S/c1-28-15-12-22-29(26,27)18-9-7-8-17(16-18)21(25)23-19-10-3-4-11-20(19)24-13-5-2-6-14-24/h3-4,7-11,16,22H,2,5-6,12-15H2,1H3,(H,23,25). The lowest BCUT2D eigenvalue weighted by atomic mass is 10.1. The number of piperidine rings is 1. The predicted octanol–water partition coefficient (Wildman–Crippen LogP) is 2.85. The average molecular weight is 418 g/mol. The zero-order chi connectivity index (χ0) is 20.7. The fourth-order valence-electron chi connectivity index (χ4n) is 3.35. The number of carbonyl (C=O) groups is 1. The van der Waals surface area contributed by atoms with E-state index in [0.717, 1.165) is 37.3 Å². The lowest BCUT2D eigenvalue weighted by Gasteiger charge is -2.30. The molecule has 1 saturated heterocycles. The van der Waals surface area contributed by atoms with E-state index >= 15 is 0 Å². The van der Waals surface area contributed by atoms with Gasteiger partial charge in [0.25, 0.3) is 5.91 Å². The molecule has 7 nitrogen and oxygen atoms in total. The van der Waals surface area contributed by atoms with Crippen molar-refractivity contribution < 1.29 is 17.9 Å². The van der Waals surface area contributed by atoms with Gasteiger partial charge in [-0.3, -0.25) is 4.79 Å². The molecule has 0 unspecified atom stereocenters. The van der Waals surface area contributed by atoms with E-state index in [1.165, 1.54) is 25.7 Å². The number of rotatable bonds is 8. The normalized spacial score (nSPS) is 14.6. The van der Waals surface area contributed by atoms with Crippen LogP contribution in [-0.4, -0.2) is 47.7 Å². The summed E-state index contributed by atoms with van der Waals surface area (Å²) in [7, 11) is -2.20. The zero-order valence-electron chi connectivity index (χ0n) is 16.6. The molecule has 0 bridgehead atoms. The molecule has 0 aromatic heterocycles. The molecular formula is C21H27N3O4S. The van der Waals surface area contributed by atoms with Crippen molar-refractivity contribution in [3.8, 4) is 0 Å². The van der Waals surface area contributed by atoms with Gasteiger partial charge < -0.3 is 15.0 Å². The van der Waals surface area contributed by atoms with Crippen LogP contribution in [0.5, 0.6) is 0 Å². The highest BCUT2D eigenvalue weighted by Crippen LogP contribution is 2.28. The third-order valence-corrected chi connectivity index (χ3v) is 6.31. The van der Waals surface area contributed by atoms with Crippen molar-refractivity contribution in [2.24, 2.45) is 0 Å². The van der Waals surface area contributed by atoms with Crippen molar-refractivity contribution in [2.75, 3.05) is 43.6 Å². The van der Waals surface area contributed by atoms with Gasteiger partial charge in [0.15, 0.2) is 0 Å². The van der Waals surface area contributed by atoms with Crippen molar-refractivity contribution in [1.29, 1.82) is 0 Å². The zero-order valence-corrected chi connectivity index (χ0v) is 17.4. The molecule has 3 rings (SSSR count). The van der Waals surface area contributed by atoms with Crippen LogP contribution in [0.25, 0.3) is 0 Å². The minimum absolute atomic E-state index is 0.0468. The van der Waals surface area contributed by atoms with E-state index < -0.39 is 10.0 Å². The quantitative estimate of drug-likeness (QED) is 0.645. The van der Waals surface area contributed by atoms with Crippen molar-refractivity contribution >= 4 is 27.3 Å². The maximum Gasteiger partial charge on any atom is 0.255 e. The molecule has 2 aromatic carbocycles. The van der Waals surface area contributed by atoms with Crippen LogP contribution >= 0.6 is 0 Å². The summed E-state index contributed by atoms with van der Waals surface area (Å²) >= 11 is 0. The fourth-order valence-corrected chi connectivity index (χ4v) is 4.41. The third kappa shape index (κ3) is 5.56. The highest BCUT2D eigenvalue weighted by atomic mass is 32.2. The Labute approximate surface area is 172 Å². The van der Waals surface area contributed by atoms with Gasteiger partial charge in [-0.05, 0) is 49.6 Å². The Kier molecular flexibility index (Phi) is 7.24. The first-order valence-corrected chi connectivity index (χ1v) is 11.2. The molecule has 1 amide bonds. The van der Waals surface area contributed by atoms with Crippen LogP contribution in [0.1, 0.15) is 29.6 Å². The van der Waals surface area contributed by atoms with Gasteiger partial charge in [0.05, 0.1) is 22.9 Å². The first-order valence-electron chi connectivity index (χ1n) is 9.75. The Morgan fingerprint density at radius 2 is 1.83 bits per heavy atom. The van der Waals surface area contributed by atoms with Crippen LogP contribution in [-0.2, 0) is 14.8 Å². The fraction of sp³-hybridized carbons (Fsp3) is 0.381. The number of hydrogen-bond acceptors (Lipinski definition) is 5. The number of nitrogens with zero attached hydrogens (tertiary/aromatic N) is 1. The molecule has 8 heteroatoms. The van der Waals surface area contributed by atoms with Crippen molar-refractivity contribution in [3.05, 3.63) is 54.1 Å². The summed E-state index contributed by atoms with van der Waals surface area (Å²) in [6, 6.07) is 13.7. The van der Waals surface area contributed by atoms with E-state index in [-0.39, 0.29) is 29.5 Å². The SMILES string of the molecule is COCCNS(=O)(=O)c1cccc(C(=O)Nc2ccccc2N2CCCCC2)c1. The van der Waals surface area contributed by atoms with E-state index in [1.54, 1.807) is 12.1 Å². The first kappa shape index (κ1) is 21.3. The van der Waals surface area contributed by atoms with Gasteiger partial charge in [-0.15, -0.1) is 0 Å². The largest absolute Gasteiger partial charge is 0.383 e. The number of para-hydroxylation sites is 2. The summed E-state index contributed by atoms with van der Waals surface area (Å²) in [6.45, 7) is 2.37. The highest BCUT2D eigenvalue weighted by molar-refractivity contribution is 7.89. The number of carbonyl (C=O) groups excluding carboxylic acids is 1. The van der Waals surface area contributed by atoms with Gasteiger partial charge in [0, 0.05) is 32.3 Å². The molecule has 1 heterocycles. The first-order chi connectivity index (χ1) is 14.0. The third-order valence-electron chi connectivity index (χ3n) is 4.85. The summed E-state index contributed by atoms with van der Waals surface area (Å²) in [5.74, 6) is -0.344. The number of ether oxygens (including phenoxy) is 1. The molecule has 156 valence electrons. The molecular weight excluding hydrogens is 390 g/mol. The minimum atomic E-state index is -3.70. The van der Waals surface area contributed by atoms with E-state index in [9.17, 15) is 13.2 Å². The number of amides is 1. The second kappa shape index (κ2) is 9.87. The van der Waals surface area contributed by atoms with E-state index in [4.69, 9.17) is 4.74 Å². The number of benzene rings is 2. The van der Waals surface area contributed by atoms with Gasteiger partial charge in [-0.2, -0.15) is 0 Å². The highest BCUT2D eigenvalue weighted by Gasteiger charge is 2.18. The van der Waals surface area contributed by atoms with E-state index in [2.05, 4.69) is 14.9 Å². The molecule has 0 aliphatic carbocycles. The van der Waals surface area contributed by atoms with Gasteiger partial charge in [0.2, 0.25) is 10.0 Å². The molecule has 0 saturated carbocycles. The molecule has 1 fully saturated rings. The maximum atomic E-state index is 12.8. The number of sulfonamides is 1. The van der Waals surface area contributed by atoms with Gasteiger partial charge in [0.1, 0.15) is 0 Å². The lowest BCUT2D eigenvalue weighted by molar-refractivity contribution is 0.102. The average Bonchev–Trinajstić information content (AvgIpc) is 2.75. The Morgan fingerprint density at radius 1 is 1.07 bits per heavy atom. The molecule has 0 atom stereocenters. The van der Waals surface area contributed by atoms with Crippen LogP contribution in [0.4, 0.5) is 11.4 Å². The van der Waals surface area contributed by atoms with Crippen LogP contribution in [0.3, 0.4) is 0 Å². The summed E-state index contributed by atoms with van der Waals surface area (Å²) in [4.78, 5) is 15.1. The summed E-state index contributed by atoms with van der Waals surface area (Å²) in [6.07, 6.45) is 3.50. The monoisotopic (exact) mass is 417 g/mol. The summed E-state index contributed by atoms with van der Waals surface area (Å²) in [5, 5.41) is 2.94. The smallest absolute Gasteiger partial charge is 0.255 e. The Morgan fingerprint density at radius 3 is 2.59 bits per heavy atom. The van der Waals surface area contributed by atoms with Gasteiger partial charge in [-0.1, -0.05) is 18.2 Å². The van der Waals surface area contributed by atoms with E-state index in [0.29, 0.717) is 0 Å². The van der Waals surface area contributed by atoms with Crippen molar-refractivity contribution in [2.45, 2.75) is 24.2 Å². The van der Waals surface area contributed by atoms with Crippen LogP contribution < -0.4 is 14.9 Å². The Balaban J connectivity index is 1.77. The predicted molar refractivity (Wildman–Crippen MR) is 114 cm³/mol. The van der Waals surface area contributed by atoms with Crippen molar-refractivity contribution in [1.82, 2.24) is 4.72 Å². The van der Waals surface area contributed by atoms with Crippen molar-refractivity contribution in [3.63, 3.8) is 0 Å². The summed E-state index contributed by atoms with van der Waals surface area (Å²) in [5.41, 5.74) is 2.00. The number of anilines is 2. The Hall–Kier alpha value is -2.42. The van der Waals surface area contributed by atoms with Gasteiger partial charge in [-0.25, -0.2) is 13.1 Å². The topological polar surface area (TPSA) is 87.7 Å². The maximum absolute atomic E-state index is 12.8. The molecule has 2 N–H and O–H groups in total. The molecule has 0 radical (unpaired) electrons. The van der Waals surface area contributed by atoms with Crippen LogP contribution in [0.2, 0.25) is 0 Å². The second-order valence-electron chi connectivity index (χ2n) is 6.94. The lowest BCUT2D eigenvalue weighted by Crippen LogP contribution is -2.30. The van der Waals surface area contributed by atoms with E-state index in [1.807, 2.05) is 24.3 Å². The number of methoxy groups -OCH3 is 1.